The molecule has 5 atom stereocenters. The molecule has 0 aromatic heterocycles. The first-order chi connectivity index (χ1) is 22.7. The summed E-state index contributed by atoms with van der Waals surface area (Å²) in [5.74, 6) is -1.15. The van der Waals surface area contributed by atoms with Gasteiger partial charge in [-0.15, -0.1) is 0 Å². The Morgan fingerprint density at radius 1 is 0.894 bits per heavy atom. The van der Waals surface area contributed by atoms with E-state index in [1.807, 2.05) is 18.2 Å². The van der Waals surface area contributed by atoms with Crippen LogP contribution in [0, 0.1) is 5.92 Å². The van der Waals surface area contributed by atoms with E-state index in [1.165, 1.54) is 15.9 Å². The van der Waals surface area contributed by atoms with Crippen LogP contribution in [0.3, 0.4) is 0 Å². The van der Waals surface area contributed by atoms with Crippen molar-refractivity contribution in [3.8, 4) is 0 Å². The van der Waals surface area contributed by atoms with E-state index in [0.29, 0.717) is 19.8 Å². The molecule has 0 bridgehead atoms. The van der Waals surface area contributed by atoms with Crippen LogP contribution in [-0.2, 0) is 30.0 Å². The van der Waals surface area contributed by atoms with Gasteiger partial charge in [-0.05, 0) is 52.7 Å². The van der Waals surface area contributed by atoms with E-state index in [0.717, 1.165) is 38.5 Å². The van der Waals surface area contributed by atoms with Gasteiger partial charge in [-0.2, -0.15) is 0 Å². The number of hydrogen-bond acceptors (Lipinski definition) is 5. The molecule has 3 aromatic rings. The zero-order valence-corrected chi connectivity index (χ0v) is 29.6. The van der Waals surface area contributed by atoms with Crippen molar-refractivity contribution in [2.45, 2.75) is 102 Å². The van der Waals surface area contributed by atoms with Crippen LogP contribution in [0.5, 0.6) is 0 Å². The first-order valence-electron chi connectivity index (χ1n) is 17.5. The molecule has 0 unspecified atom stereocenters. The minimum Gasteiger partial charge on any atom is -0.407 e. The fourth-order valence-electron chi connectivity index (χ4n) is 7.59. The predicted octanol–water partition coefficient (Wildman–Crippen LogP) is 8.09. The van der Waals surface area contributed by atoms with Crippen LogP contribution in [0.4, 0.5) is 0 Å². The molecule has 0 radical (unpaired) electrons. The SMILES string of the molecule is C[C@H]1C[C@@H](OCc2ccccc2)CO[C@@]12CC[C@]1(C=CC[C@@H](/C=C/CCCO[Si](c3ccccc3)(c3ccccc3)C(C)(C)C)O1)O2. The monoisotopic (exact) mass is 652 g/mol. The summed E-state index contributed by atoms with van der Waals surface area (Å²) in [7, 11) is -2.51. The summed E-state index contributed by atoms with van der Waals surface area (Å²) in [4.78, 5) is 0. The molecule has 0 saturated carbocycles. The van der Waals surface area contributed by atoms with Gasteiger partial charge >= 0.3 is 0 Å². The van der Waals surface area contributed by atoms with E-state index in [2.05, 4.69) is 125 Å². The lowest BCUT2D eigenvalue weighted by atomic mass is 9.89. The van der Waals surface area contributed by atoms with Crippen LogP contribution in [-0.4, -0.2) is 45.3 Å². The van der Waals surface area contributed by atoms with Crippen molar-refractivity contribution in [1.82, 2.24) is 0 Å². The van der Waals surface area contributed by atoms with Crippen LogP contribution >= 0.6 is 0 Å². The maximum Gasteiger partial charge on any atom is 0.261 e. The van der Waals surface area contributed by atoms with Crippen molar-refractivity contribution >= 4 is 18.7 Å². The summed E-state index contributed by atoms with van der Waals surface area (Å²) in [6.07, 6.45) is 14.1. The second-order valence-corrected chi connectivity index (χ2v) is 18.8. The van der Waals surface area contributed by atoms with Gasteiger partial charge in [0.2, 0.25) is 0 Å². The number of hydrogen-bond donors (Lipinski definition) is 0. The zero-order valence-electron chi connectivity index (χ0n) is 28.6. The maximum atomic E-state index is 7.07. The molecule has 3 aliphatic rings. The highest BCUT2D eigenvalue weighted by Gasteiger charge is 2.56. The standard InChI is InChI=1S/C41H52O5Si/c1-33-30-36(42-31-34-18-9-5-10-19-34)32-43-41(33)28-27-40(46-41)26-17-21-35(45-40)20-11-8-16-29-44-47(39(2,3)4,37-22-12-6-13-23-37)38-24-14-7-15-25-38/h5-7,9-15,17-20,22-26,33,35-36H,8,16,21,27-32H2,1-4H3/b20-11+/t33-,35+,36+,40-,41+/m0/s1. The van der Waals surface area contributed by atoms with E-state index in [9.17, 15) is 0 Å². The molecule has 3 heterocycles. The molecular weight excluding hydrogens is 601 g/mol. The van der Waals surface area contributed by atoms with Crippen molar-refractivity contribution in [1.29, 1.82) is 0 Å². The summed E-state index contributed by atoms with van der Waals surface area (Å²) < 4.78 is 33.1. The van der Waals surface area contributed by atoms with Crippen LogP contribution in [0.25, 0.3) is 0 Å². The van der Waals surface area contributed by atoms with Crippen LogP contribution in [0.1, 0.15) is 71.8 Å². The quantitative estimate of drug-likeness (QED) is 0.119. The van der Waals surface area contributed by atoms with E-state index in [-0.39, 0.29) is 23.2 Å². The van der Waals surface area contributed by atoms with Gasteiger partial charge in [-0.3, -0.25) is 0 Å². The molecule has 2 saturated heterocycles. The maximum absolute atomic E-state index is 7.07. The summed E-state index contributed by atoms with van der Waals surface area (Å²) in [6, 6.07) is 32.1. The predicted molar refractivity (Wildman–Crippen MR) is 191 cm³/mol. The molecular formula is C41H52O5Si. The molecule has 6 heteroatoms. The van der Waals surface area contributed by atoms with Gasteiger partial charge < -0.3 is 23.4 Å². The lowest BCUT2D eigenvalue weighted by Gasteiger charge is -2.44. The van der Waals surface area contributed by atoms with Gasteiger partial charge in [-0.1, -0.05) is 137 Å². The fraction of sp³-hybridized carbons (Fsp3) is 0.463. The van der Waals surface area contributed by atoms with Gasteiger partial charge in [0, 0.05) is 25.4 Å². The third kappa shape index (κ3) is 7.59. The Kier molecular flexibility index (Phi) is 10.7. The van der Waals surface area contributed by atoms with Crippen LogP contribution in [0.15, 0.2) is 115 Å². The summed E-state index contributed by atoms with van der Waals surface area (Å²) >= 11 is 0. The van der Waals surface area contributed by atoms with Crippen molar-refractivity contribution < 1.29 is 23.4 Å². The minimum absolute atomic E-state index is 0.0174. The molecule has 0 N–H and O–H groups in total. The smallest absolute Gasteiger partial charge is 0.261 e. The van der Waals surface area contributed by atoms with Crippen molar-refractivity contribution in [3.05, 3.63) is 121 Å². The molecule has 2 spiro atoms. The van der Waals surface area contributed by atoms with Crippen LogP contribution in [0.2, 0.25) is 5.04 Å². The fourth-order valence-corrected chi connectivity index (χ4v) is 12.2. The van der Waals surface area contributed by atoms with Crippen molar-refractivity contribution in [3.63, 3.8) is 0 Å². The molecule has 2 fully saturated rings. The first-order valence-corrected chi connectivity index (χ1v) is 19.4. The molecule has 5 nitrogen and oxygen atoms in total. The van der Waals surface area contributed by atoms with Crippen LogP contribution < -0.4 is 10.4 Å². The largest absolute Gasteiger partial charge is 0.407 e. The molecule has 3 aromatic carbocycles. The molecule has 3 aliphatic heterocycles. The summed E-state index contributed by atoms with van der Waals surface area (Å²) in [5, 5.41) is 2.63. The Morgan fingerprint density at radius 2 is 1.55 bits per heavy atom. The molecule has 0 aliphatic carbocycles. The van der Waals surface area contributed by atoms with Gasteiger partial charge in [0.15, 0.2) is 11.6 Å². The Bertz CT molecular complexity index is 1430. The Hall–Kier alpha value is -2.84. The van der Waals surface area contributed by atoms with E-state index in [4.69, 9.17) is 23.4 Å². The Balaban J connectivity index is 1.01. The van der Waals surface area contributed by atoms with E-state index in [1.54, 1.807) is 0 Å². The second-order valence-electron chi connectivity index (χ2n) is 14.5. The Morgan fingerprint density at radius 3 is 2.19 bits per heavy atom. The lowest BCUT2D eigenvalue weighted by molar-refractivity contribution is -0.346. The number of ether oxygens (including phenoxy) is 4. The molecule has 47 heavy (non-hydrogen) atoms. The molecule has 250 valence electrons. The summed E-state index contributed by atoms with van der Waals surface area (Å²) in [5.41, 5.74) is 1.18. The highest BCUT2D eigenvalue weighted by molar-refractivity contribution is 6.99. The number of allylic oxidation sites excluding steroid dienone is 1. The average Bonchev–Trinajstić information content (AvgIpc) is 3.43. The van der Waals surface area contributed by atoms with Crippen molar-refractivity contribution in [2.75, 3.05) is 13.2 Å². The van der Waals surface area contributed by atoms with Crippen molar-refractivity contribution in [2.24, 2.45) is 5.92 Å². The number of benzene rings is 3. The lowest BCUT2D eigenvalue weighted by Crippen LogP contribution is -2.66. The van der Waals surface area contributed by atoms with E-state index < -0.39 is 19.9 Å². The van der Waals surface area contributed by atoms with Gasteiger partial charge in [0.25, 0.3) is 8.32 Å². The minimum atomic E-state index is -2.51. The molecule has 0 amide bonds. The number of unbranched alkanes of at least 4 members (excludes halogenated alkanes) is 1. The highest BCUT2D eigenvalue weighted by Crippen LogP contribution is 2.49. The normalized spacial score (nSPS) is 28.0. The third-order valence-corrected chi connectivity index (χ3v) is 15.1. The number of rotatable bonds is 11. The van der Waals surface area contributed by atoms with Gasteiger partial charge in [-0.25, -0.2) is 0 Å². The third-order valence-electron chi connectivity index (χ3n) is 10.1. The molecule has 6 rings (SSSR count). The van der Waals surface area contributed by atoms with E-state index >= 15 is 0 Å². The second kappa shape index (κ2) is 14.7. The van der Waals surface area contributed by atoms with Gasteiger partial charge in [0.1, 0.15) is 0 Å². The zero-order chi connectivity index (χ0) is 32.8. The Labute approximate surface area is 283 Å². The first kappa shape index (κ1) is 34.0. The summed E-state index contributed by atoms with van der Waals surface area (Å²) in [6.45, 7) is 11.1. The topological polar surface area (TPSA) is 46.2 Å². The highest BCUT2D eigenvalue weighted by atomic mass is 28.4. The average molecular weight is 653 g/mol. The van der Waals surface area contributed by atoms with Gasteiger partial charge in [0.05, 0.1) is 25.4 Å².